The first-order valence-electron chi connectivity index (χ1n) is 10.1. The Kier molecular flexibility index (Phi) is 5.34. The van der Waals surface area contributed by atoms with Crippen molar-refractivity contribution >= 4 is 22.8 Å². The number of aromatic nitrogens is 2. The molecule has 1 N–H and O–H groups in total. The third-order valence-electron chi connectivity index (χ3n) is 5.69. The Bertz CT molecular complexity index is 1060. The Morgan fingerprint density at radius 2 is 1.90 bits per heavy atom. The van der Waals surface area contributed by atoms with Crippen LogP contribution in [0.4, 0.5) is 0 Å². The summed E-state index contributed by atoms with van der Waals surface area (Å²) in [5.74, 6) is 0.771. The van der Waals surface area contributed by atoms with Gasteiger partial charge in [0.05, 0.1) is 30.0 Å². The van der Waals surface area contributed by atoms with E-state index in [0.29, 0.717) is 13.1 Å². The van der Waals surface area contributed by atoms with Crippen molar-refractivity contribution < 1.29 is 9.59 Å². The summed E-state index contributed by atoms with van der Waals surface area (Å²) in [4.78, 5) is 31.4. The van der Waals surface area contributed by atoms with Crippen LogP contribution in [0.3, 0.4) is 0 Å². The molecule has 6 nitrogen and oxygen atoms in total. The fourth-order valence-corrected chi connectivity index (χ4v) is 4.29. The Balaban J connectivity index is 1.50. The van der Waals surface area contributed by atoms with E-state index in [1.807, 2.05) is 47.4 Å². The third-order valence-corrected chi connectivity index (χ3v) is 5.69. The van der Waals surface area contributed by atoms with Crippen molar-refractivity contribution in [3.63, 3.8) is 0 Å². The number of carbonyl (C=O) groups excluding carboxylic acids is 2. The molecule has 0 spiro atoms. The first-order valence-corrected chi connectivity index (χ1v) is 10.1. The van der Waals surface area contributed by atoms with Gasteiger partial charge in [-0.3, -0.25) is 9.59 Å². The van der Waals surface area contributed by atoms with Gasteiger partial charge in [0, 0.05) is 20.0 Å². The number of hydrogen-bond acceptors (Lipinski definition) is 3. The summed E-state index contributed by atoms with van der Waals surface area (Å²) in [5.41, 5.74) is 4.30. The molecule has 4 rings (SSSR count). The molecule has 1 unspecified atom stereocenters. The second-order valence-corrected chi connectivity index (χ2v) is 7.42. The molecule has 0 fully saturated rings. The van der Waals surface area contributed by atoms with E-state index in [0.717, 1.165) is 35.4 Å². The second-order valence-electron chi connectivity index (χ2n) is 7.42. The Hall–Kier alpha value is -3.15. The Morgan fingerprint density at radius 3 is 2.69 bits per heavy atom. The van der Waals surface area contributed by atoms with Crippen LogP contribution in [-0.2, 0) is 29.1 Å². The normalized spacial score (nSPS) is 15.9. The number of nitrogens with zero attached hydrogens (tertiary/aromatic N) is 3. The number of carbonyl (C=O) groups is 2. The number of amides is 2. The topological polar surface area (TPSA) is 67.2 Å². The summed E-state index contributed by atoms with van der Waals surface area (Å²) in [7, 11) is 0. The average molecular weight is 390 g/mol. The van der Waals surface area contributed by atoms with Crippen molar-refractivity contribution in [1.29, 1.82) is 0 Å². The van der Waals surface area contributed by atoms with Crippen molar-refractivity contribution in [2.24, 2.45) is 0 Å². The second kappa shape index (κ2) is 8.07. The number of benzene rings is 2. The molecule has 1 aliphatic rings. The van der Waals surface area contributed by atoms with Gasteiger partial charge in [-0.1, -0.05) is 36.4 Å². The summed E-state index contributed by atoms with van der Waals surface area (Å²) in [6.07, 6.45) is 1.08. The average Bonchev–Trinajstić information content (AvgIpc) is 3.09. The molecule has 1 aliphatic heterocycles. The minimum Gasteiger partial charge on any atom is -0.349 e. The van der Waals surface area contributed by atoms with Gasteiger partial charge >= 0.3 is 0 Å². The smallest absolute Gasteiger partial charge is 0.222 e. The summed E-state index contributed by atoms with van der Waals surface area (Å²) in [5, 5.41) is 3.01. The molecule has 29 heavy (non-hydrogen) atoms. The Morgan fingerprint density at radius 1 is 1.14 bits per heavy atom. The van der Waals surface area contributed by atoms with Gasteiger partial charge in [0.25, 0.3) is 0 Å². The number of nitrogens with one attached hydrogen (secondary N) is 1. The highest BCUT2D eigenvalue weighted by Gasteiger charge is 2.30. The maximum Gasteiger partial charge on any atom is 0.222 e. The van der Waals surface area contributed by atoms with E-state index in [-0.39, 0.29) is 24.3 Å². The quantitative estimate of drug-likeness (QED) is 0.727. The molecule has 150 valence electrons. The van der Waals surface area contributed by atoms with Crippen LogP contribution in [-0.4, -0.2) is 32.8 Å². The van der Waals surface area contributed by atoms with Gasteiger partial charge in [-0.05, 0) is 36.6 Å². The van der Waals surface area contributed by atoms with Gasteiger partial charge in [0.2, 0.25) is 11.8 Å². The summed E-state index contributed by atoms with van der Waals surface area (Å²) < 4.78 is 2.12. The van der Waals surface area contributed by atoms with Crippen LogP contribution >= 0.6 is 0 Å². The number of hydrogen-bond donors (Lipinski definition) is 1. The molecule has 2 heterocycles. The van der Waals surface area contributed by atoms with E-state index in [9.17, 15) is 9.59 Å². The number of para-hydroxylation sites is 2. The molecule has 6 heteroatoms. The summed E-state index contributed by atoms with van der Waals surface area (Å²) in [6.45, 7) is 5.46. The van der Waals surface area contributed by atoms with Crippen LogP contribution < -0.4 is 5.32 Å². The van der Waals surface area contributed by atoms with Crippen LogP contribution in [0.25, 0.3) is 11.0 Å². The first-order chi connectivity index (χ1) is 14.1. The number of fused-ring (bicyclic) bond motifs is 2. The van der Waals surface area contributed by atoms with Gasteiger partial charge in [-0.15, -0.1) is 0 Å². The predicted octanol–water partition coefficient (Wildman–Crippen LogP) is 3.21. The zero-order valence-corrected chi connectivity index (χ0v) is 16.9. The molecule has 2 amide bonds. The molecule has 1 aromatic heterocycles. The van der Waals surface area contributed by atoms with Crippen molar-refractivity contribution in [2.45, 2.75) is 45.8 Å². The molecular formula is C23H26N4O2. The summed E-state index contributed by atoms with van der Waals surface area (Å²) >= 11 is 0. The van der Waals surface area contributed by atoms with Crippen molar-refractivity contribution in [3.8, 4) is 0 Å². The van der Waals surface area contributed by atoms with Gasteiger partial charge in [-0.2, -0.15) is 0 Å². The molecule has 3 aromatic rings. The van der Waals surface area contributed by atoms with E-state index in [2.05, 4.69) is 27.9 Å². The molecule has 2 aromatic carbocycles. The maximum atomic E-state index is 12.8. The highest BCUT2D eigenvalue weighted by molar-refractivity contribution is 5.80. The molecule has 0 saturated carbocycles. The van der Waals surface area contributed by atoms with E-state index in [1.54, 1.807) is 6.92 Å². The van der Waals surface area contributed by atoms with Crippen molar-refractivity contribution in [1.82, 2.24) is 19.8 Å². The highest BCUT2D eigenvalue weighted by atomic mass is 16.2. The van der Waals surface area contributed by atoms with Gasteiger partial charge in [-0.25, -0.2) is 4.98 Å². The van der Waals surface area contributed by atoms with Gasteiger partial charge < -0.3 is 14.8 Å². The van der Waals surface area contributed by atoms with Crippen molar-refractivity contribution in [2.75, 3.05) is 6.54 Å². The first kappa shape index (κ1) is 19.2. The molecule has 0 aliphatic carbocycles. The summed E-state index contributed by atoms with van der Waals surface area (Å²) in [6, 6.07) is 15.9. The monoisotopic (exact) mass is 390 g/mol. The Labute approximate surface area is 170 Å². The van der Waals surface area contributed by atoms with Crippen LogP contribution in [0.5, 0.6) is 0 Å². The fraction of sp³-hybridized carbons (Fsp3) is 0.348. The zero-order valence-electron chi connectivity index (χ0n) is 16.9. The van der Waals surface area contributed by atoms with Crippen LogP contribution in [0.15, 0.2) is 48.5 Å². The van der Waals surface area contributed by atoms with Gasteiger partial charge in [0.15, 0.2) is 0 Å². The molecule has 1 atom stereocenters. The largest absolute Gasteiger partial charge is 0.349 e. The minimum absolute atomic E-state index is 0.00470. The SMILES string of the molecule is CCn1c(CNC(=O)CC2c3ccccc3CCN2C(C)=O)nc2ccccc21. The van der Waals surface area contributed by atoms with E-state index in [4.69, 9.17) is 0 Å². The minimum atomic E-state index is -0.220. The molecule has 0 radical (unpaired) electrons. The van der Waals surface area contributed by atoms with Crippen LogP contribution in [0, 0.1) is 0 Å². The predicted molar refractivity (Wildman–Crippen MR) is 112 cm³/mol. The fourth-order valence-electron chi connectivity index (χ4n) is 4.29. The zero-order chi connectivity index (χ0) is 20.4. The lowest BCUT2D eigenvalue weighted by Crippen LogP contribution is -2.41. The standard InChI is InChI=1S/C23H26N4O2/c1-3-26-20-11-7-6-10-19(20)25-22(26)15-24-23(29)14-21-18-9-5-4-8-17(18)12-13-27(21)16(2)28/h4-11,21H,3,12-15H2,1-2H3,(H,24,29). The van der Waals surface area contributed by atoms with Crippen molar-refractivity contribution in [3.05, 3.63) is 65.5 Å². The van der Waals surface area contributed by atoms with E-state index >= 15 is 0 Å². The van der Waals surface area contributed by atoms with Crippen LogP contribution in [0.2, 0.25) is 0 Å². The van der Waals surface area contributed by atoms with Gasteiger partial charge in [0.1, 0.15) is 5.82 Å². The lowest BCUT2D eigenvalue weighted by atomic mass is 9.90. The third kappa shape index (κ3) is 3.75. The highest BCUT2D eigenvalue weighted by Crippen LogP contribution is 2.32. The molecule has 0 saturated heterocycles. The lowest BCUT2D eigenvalue weighted by Gasteiger charge is -2.36. The van der Waals surface area contributed by atoms with E-state index < -0.39 is 0 Å². The van der Waals surface area contributed by atoms with Crippen LogP contribution in [0.1, 0.15) is 43.3 Å². The van der Waals surface area contributed by atoms with E-state index in [1.165, 1.54) is 5.56 Å². The molecule has 0 bridgehead atoms. The molecular weight excluding hydrogens is 364 g/mol. The number of aryl methyl sites for hydroxylation is 1. The maximum absolute atomic E-state index is 12.8. The number of rotatable bonds is 5. The lowest BCUT2D eigenvalue weighted by molar-refractivity contribution is -0.133. The number of imidazole rings is 1.